The molecule has 1 rings (SSSR count). The Hall–Kier alpha value is -0.600. The first-order chi connectivity index (χ1) is 7.02. The molecule has 0 aliphatic carbocycles. The molecule has 84 valence electrons. The van der Waals surface area contributed by atoms with E-state index >= 15 is 0 Å². The molecule has 0 amide bonds. The van der Waals surface area contributed by atoms with Crippen LogP contribution >= 0.6 is 11.6 Å². The number of hydrogen-bond donors (Lipinski definition) is 1. The summed E-state index contributed by atoms with van der Waals surface area (Å²) in [6.45, 7) is 4.14. The van der Waals surface area contributed by atoms with E-state index < -0.39 is 11.9 Å². The van der Waals surface area contributed by atoms with Gasteiger partial charge in [0.25, 0.3) is 0 Å². The van der Waals surface area contributed by atoms with Gasteiger partial charge in [0.15, 0.2) is 0 Å². The highest BCUT2D eigenvalue weighted by Crippen LogP contribution is 2.26. The minimum Gasteiger partial charge on any atom is -0.388 e. The Kier molecular flexibility index (Phi) is 4.55. The van der Waals surface area contributed by atoms with E-state index in [1.54, 1.807) is 12.1 Å². The molecule has 3 heteroatoms. The van der Waals surface area contributed by atoms with Gasteiger partial charge in [-0.3, -0.25) is 0 Å². The highest BCUT2D eigenvalue weighted by atomic mass is 35.5. The Morgan fingerprint density at radius 1 is 1.33 bits per heavy atom. The van der Waals surface area contributed by atoms with Gasteiger partial charge in [-0.2, -0.15) is 0 Å². The molecule has 1 N–H and O–H groups in total. The summed E-state index contributed by atoms with van der Waals surface area (Å²) in [5.74, 6) is -0.00248. The molecule has 15 heavy (non-hydrogen) atoms. The summed E-state index contributed by atoms with van der Waals surface area (Å²) >= 11 is 5.63. The van der Waals surface area contributed by atoms with Crippen molar-refractivity contribution < 1.29 is 9.50 Å². The lowest BCUT2D eigenvalue weighted by Crippen LogP contribution is -2.02. The van der Waals surface area contributed by atoms with Gasteiger partial charge in [-0.05, 0) is 24.8 Å². The Balaban J connectivity index is 2.73. The third-order valence-corrected chi connectivity index (χ3v) is 2.65. The van der Waals surface area contributed by atoms with E-state index in [0.29, 0.717) is 17.9 Å². The summed E-state index contributed by atoms with van der Waals surface area (Å²) < 4.78 is 13.5. The molecule has 1 aromatic rings. The van der Waals surface area contributed by atoms with Crippen LogP contribution in [0.4, 0.5) is 4.39 Å². The monoisotopic (exact) mass is 230 g/mol. The fraction of sp³-hybridized carbons (Fsp3) is 0.500. The smallest absolute Gasteiger partial charge is 0.147 e. The standard InChI is InChI=1S/C12H16ClFO/c1-8(2)6-7-11(15)9-4-3-5-10(13)12(9)14/h3-5,8,11,15H,6-7H2,1-2H3. The molecule has 1 atom stereocenters. The normalized spacial score (nSPS) is 13.2. The number of benzene rings is 1. The lowest BCUT2D eigenvalue weighted by molar-refractivity contribution is 0.155. The van der Waals surface area contributed by atoms with Crippen LogP contribution in [0.5, 0.6) is 0 Å². The van der Waals surface area contributed by atoms with Gasteiger partial charge in [0.1, 0.15) is 5.82 Å². The zero-order chi connectivity index (χ0) is 11.4. The van der Waals surface area contributed by atoms with E-state index in [2.05, 4.69) is 13.8 Å². The minimum atomic E-state index is -0.758. The van der Waals surface area contributed by atoms with Crippen molar-refractivity contribution in [2.75, 3.05) is 0 Å². The van der Waals surface area contributed by atoms with Crippen molar-refractivity contribution in [2.45, 2.75) is 32.8 Å². The predicted molar refractivity (Wildman–Crippen MR) is 60.4 cm³/mol. The van der Waals surface area contributed by atoms with E-state index in [0.717, 1.165) is 6.42 Å². The van der Waals surface area contributed by atoms with Crippen LogP contribution in [0.15, 0.2) is 18.2 Å². The molecule has 1 unspecified atom stereocenters. The molecule has 0 saturated heterocycles. The second kappa shape index (κ2) is 5.47. The zero-order valence-corrected chi connectivity index (χ0v) is 9.76. The van der Waals surface area contributed by atoms with Crippen LogP contribution in [0.3, 0.4) is 0 Å². The van der Waals surface area contributed by atoms with Crippen molar-refractivity contribution in [3.05, 3.63) is 34.6 Å². The second-order valence-electron chi connectivity index (χ2n) is 4.13. The lowest BCUT2D eigenvalue weighted by Gasteiger charge is -2.13. The average Bonchev–Trinajstić information content (AvgIpc) is 2.18. The second-order valence-corrected chi connectivity index (χ2v) is 4.54. The first kappa shape index (κ1) is 12.5. The van der Waals surface area contributed by atoms with Gasteiger partial charge in [-0.25, -0.2) is 4.39 Å². The molecule has 0 fully saturated rings. The van der Waals surface area contributed by atoms with E-state index in [-0.39, 0.29) is 5.02 Å². The molecule has 0 spiro atoms. The number of hydrogen-bond acceptors (Lipinski definition) is 1. The van der Waals surface area contributed by atoms with Crippen LogP contribution in [-0.2, 0) is 0 Å². The quantitative estimate of drug-likeness (QED) is 0.831. The Morgan fingerprint density at radius 3 is 2.60 bits per heavy atom. The topological polar surface area (TPSA) is 20.2 Å². The van der Waals surface area contributed by atoms with Gasteiger partial charge in [-0.1, -0.05) is 37.6 Å². The molecule has 0 bridgehead atoms. The maximum Gasteiger partial charge on any atom is 0.147 e. The van der Waals surface area contributed by atoms with Gasteiger partial charge >= 0.3 is 0 Å². The summed E-state index contributed by atoms with van der Waals surface area (Å²) in [5, 5.41) is 9.84. The third-order valence-electron chi connectivity index (χ3n) is 2.36. The third kappa shape index (κ3) is 3.47. The summed E-state index contributed by atoms with van der Waals surface area (Å²) in [4.78, 5) is 0. The Bertz CT molecular complexity index is 325. The van der Waals surface area contributed by atoms with Gasteiger partial charge in [0.05, 0.1) is 11.1 Å². The van der Waals surface area contributed by atoms with Crippen LogP contribution in [0, 0.1) is 11.7 Å². The molecule has 1 aromatic carbocycles. The van der Waals surface area contributed by atoms with Gasteiger partial charge in [0, 0.05) is 5.56 Å². The van der Waals surface area contributed by atoms with Crippen molar-refractivity contribution in [2.24, 2.45) is 5.92 Å². The van der Waals surface area contributed by atoms with E-state index in [9.17, 15) is 9.50 Å². The van der Waals surface area contributed by atoms with Gasteiger partial charge in [0.2, 0.25) is 0 Å². The molecular formula is C12H16ClFO. The van der Waals surface area contributed by atoms with Crippen molar-refractivity contribution >= 4 is 11.6 Å². The fourth-order valence-corrected chi connectivity index (χ4v) is 1.61. The SMILES string of the molecule is CC(C)CCC(O)c1cccc(Cl)c1F. The average molecular weight is 231 g/mol. The van der Waals surface area contributed by atoms with Crippen LogP contribution in [0.25, 0.3) is 0 Å². The zero-order valence-electron chi connectivity index (χ0n) is 9.00. The molecule has 0 aromatic heterocycles. The number of aliphatic hydroxyl groups excluding tert-OH is 1. The van der Waals surface area contributed by atoms with E-state index in [1.807, 2.05) is 0 Å². The number of aliphatic hydroxyl groups is 1. The lowest BCUT2D eigenvalue weighted by atomic mass is 9.99. The minimum absolute atomic E-state index is 0.0658. The van der Waals surface area contributed by atoms with Crippen molar-refractivity contribution in [1.29, 1.82) is 0 Å². The summed E-state index contributed by atoms with van der Waals surface area (Å²) in [6.07, 6.45) is 0.674. The summed E-state index contributed by atoms with van der Waals surface area (Å²) in [5.41, 5.74) is 0.295. The summed E-state index contributed by atoms with van der Waals surface area (Å²) in [6, 6.07) is 4.71. The van der Waals surface area contributed by atoms with E-state index in [1.165, 1.54) is 6.07 Å². The maximum absolute atomic E-state index is 13.5. The Labute approximate surface area is 94.9 Å². The molecule has 0 aliphatic rings. The van der Waals surface area contributed by atoms with Crippen LogP contribution in [0.2, 0.25) is 5.02 Å². The first-order valence-corrected chi connectivity index (χ1v) is 5.52. The highest BCUT2D eigenvalue weighted by molar-refractivity contribution is 6.30. The van der Waals surface area contributed by atoms with Gasteiger partial charge in [-0.15, -0.1) is 0 Å². The molecule has 0 heterocycles. The highest BCUT2D eigenvalue weighted by Gasteiger charge is 2.14. The number of rotatable bonds is 4. The van der Waals surface area contributed by atoms with Crippen LogP contribution in [-0.4, -0.2) is 5.11 Å². The number of halogens is 2. The van der Waals surface area contributed by atoms with Crippen molar-refractivity contribution in [3.8, 4) is 0 Å². The fourth-order valence-electron chi connectivity index (χ4n) is 1.42. The molecule has 0 saturated carbocycles. The molecular weight excluding hydrogens is 215 g/mol. The summed E-state index contributed by atoms with van der Waals surface area (Å²) in [7, 11) is 0. The van der Waals surface area contributed by atoms with Crippen LogP contribution < -0.4 is 0 Å². The predicted octanol–water partition coefficient (Wildman–Crippen LogP) is 3.95. The molecule has 1 nitrogen and oxygen atoms in total. The van der Waals surface area contributed by atoms with Gasteiger partial charge < -0.3 is 5.11 Å². The largest absolute Gasteiger partial charge is 0.388 e. The van der Waals surface area contributed by atoms with E-state index in [4.69, 9.17) is 11.6 Å². The first-order valence-electron chi connectivity index (χ1n) is 5.14. The maximum atomic E-state index is 13.5. The molecule has 0 radical (unpaired) electrons. The Morgan fingerprint density at radius 2 is 2.00 bits per heavy atom. The molecule has 0 aliphatic heterocycles. The van der Waals surface area contributed by atoms with Crippen molar-refractivity contribution in [3.63, 3.8) is 0 Å². The van der Waals surface area contributed by atoms with Crippen LogP contribution in [0.1, 0.15) is 38.4 Å². The van der Waals surface area contributed by atoms with Crippen molar-refractivity contribution in [1.82, 2.24) is 0 Å².